The summed E-state index contributed by atoms with van der Waals surface area (Å²) < 4.78 is 16.7. The molecule has 0 aliphatic carbocycles. The third kappa shape index (κ3) is 3.41. The second-order valence-electron chi connectivity index (χ2n) is 8.27. The molecule has 7 heteroatoms. The molecule has 0 bridgehead atoms. The molecule has 1 spiro atoms. The summed E-state index contributed by atoms with van der Waals surface area (Å²) in [6.07, 6.45) is 0.258. The van der Waals surface area contributed by atoms with Gasteiger partial charge >= 0.3 is 0 Å². The van der Waals surface area contributed by atoms with E-state index in [0.29, 0.717) is 32.8 Å². The predicted octanol–water partition coefficient (Wildman–Crippen LogP) is 1.66. The van der Waals surface area contributed by atoms with Gasteiger partial charge in [0.2, 0.25) is 11.8 Å². The van der Waals surface area contributed by atoms with Gasteiger partial charge in [-0.3, -0.25) is 9.59 Å². The highest BCUT2D eigenvalue weighted by atomic mass is 16.7. The SMILES string of the molecule is COc1ccc(N2CC(C(=O)N3CC4(COC(C)(C)OC4)C3)CC2=O)cc1. The standard InChI is InChI=1S/C20H26N2O5/c1-19(2)26-12-20(13-27-19)10-21(11-20)18(24)14-8-17(23)22(9-14)15-4-6-16(25-3)7-5-15/h4-7,14H,8-13H2,1-3H3. The first-order valence-corrected chi connectivity index (χ1v) is 9.32. The Morgan fingerprint density at radius 3 is 2.37 bits per heavy atom. The number of carbonyl (C=O) groups excluding carboxylic acids is 2. The van der Waals surface area contributed by atoms with Gasteiger partial charge in [0, 0.05) is 31.7 Å². The third-order valence-corrected chi connectivity index (χ3v) is 5.67. The van der Waals surface area contributed by atoms with Crippen molar-refractivity contribution in [3.05, 3.63) is 24.3 Å². The lowest BCUT2D eigenvalue weighted by Crippen LogP contribution is -2.66. The van der Waals surface area contributed by atoms with Crippen LogP contribution in [0.25, 0.3) is 0 Å². The predicted molar refractivity (Wildman–Crippen MR) is 98.5 cm³/mol. The molecular formula is C20H26N2O5. The van der Waals surface area contributed by atoms with Crippen LogP contribution < -0.4 is 9.64 Å². The number of methoxy groups -OCH3 is 1. The largest absolute Gasteiger partial charge is 0.497 e. The molecule has 0 saturated carbocycles. The van der Waals surface area contributed by atoms with E-state index in [-0.39, 0.29) is 29.6 Å². The van der Waals surface area contributed by atoms with Crippen LogP contribution in [0.4, 0.5) is 5.69 Å². The Balaban J connectivity index is 1.35. The fourth-order valence-electron chi connectivity index (χ4n) is 3.98. The van der Waals surface area contributed by atoms with E-state index < -0.39 is 5.79 Å². The van der Waals surface area contributed by atoms with Gasteiger partial charge in [-0.25, -0.2) is 0 Å². The molecule has 1 aromatic carbocycles. The van der Waals surface area contributed by atoms with Crippen LogP contribution in [0.3, 0.4) is 0 Å². The molecule has 1 atom stereocenters. The highest BCUT2D eigenvalue weighted by Gasteiger charge is 2.51. The van der Waals surface area contributed by atoms with Gasteiger partial charge in [0.15, 0.2) is 5.79 Å². The van der Waals surface area contributed by atoms with Crippen molar-refractivity contribution in [3.8, 4) is 5.75 Å². The van der Waals surface area contributed by atoms with Crippen molar-refractivity contribution < 1.29 is 23.8 Å². The molecule has 27 heavy (non-hydrogen) atoms. The zero-order valence-corrected chi connectivity index (χ0v) is 16.1. The van der Waals surface area contributed by atoms with Gasteiger partial charge in [-0.1, -0.05) is 0 Å². The zero-order chi connectivity index (χ0) is 19.2. The number of anilines is 1. The second-order valence-corrected chi connectivity index (χ2v) is 8.27. The molecule has 3 heterocycles. The number of rotatable bonds is 3. The first kappa shape index (κ1) is 18.3. The number of amides is 2. The van der Waals surface area contributed by atoms with Crippen molar-refractivity contribution >= 4 is 17.5 Å². The number of nitrogens with zero attached hydrogens (tertiary/aromatic N) is 2. The summed E-state index contributed by atoms with van der Waals surface area (Å²) in [7, 11) is 1.61. The van der Waals surface area contributed by atoms with Crippen LogP contribution >= 0.6 is 0 Å². The van der Waals surface area contributed by atoms with E-state index in [1.165, 1.54) is 0 Å². The fourth-order valence-corrected chi connectivity index (χ4v) is 3.98. The lowest BCUT2D eigenvalue weighted by molar-refractivity contribution is -0.303. The molecule has 7 nitrogen and oxygen atoms in total. The molecule has 146 valence electrons. The Labute approximate surface area is 159 Å². The summed E-state index contributed by atoms with van der Waals surface area (Å²) in [6.45, 7) is 6.70. The van der Waals surface area contributed by atoms with Crippen LogP contribution in [0.2, 0.25) is 0 Å². The summed E-state index contributed by atoms with van der Waals surface area (Å²) in [5, 5.41) is 0. The molecule has 4 rings (SSSR count). The van der Waals surface area contributed by atoms with Crippen LogP contribution in [0.1, 0.15) is 20.3 Å². The Hall–Kier alpha value is -2.12. The highest BCUT2D eigenvalue weighted by Crippen LogP contribution is 2.39. The molecule has 1 unspecified atom stereocenters. The average Bonchev–Trinajstić information content (AvgIpc) is 3.01. The molecule has 3 aliphatic heterocycles. The van der Waals surface area contributed by atoms with E-state index in [9.17, 15) is 9.59 Å². The van der Waals surface area contributed by atoms with Gasteiger partial charge in [0.25, 0.3) is 0 Å². The van der Waals surface area contributed by atoms with E-state index in [1.54, 1.807) is 12.0 Å². The number of benzene rings is 1. The minimum Gasteiger partial charge on any atom is -0.497 e. The Bertz CT molecular complexity index is 727. The Morgan fingerprint density at radius 2 is 1.78 bits per heavy atom. The van der Waals surface area contributed by atoms with Gasteiger partial charge in [0.05, 0.1) is 31.7 Å². The first-order valence-electron chi connectivity index (χ1n) is 9.32. The lowest BCUT2D eigenvalue weighted by atomic mass is 9.79. The van der Waals surface area contributed by atoms with Crippen LogP contribution in [-0.4, -0.2) is 62.5 Å². The van der Waals surface area contributed by atoms with Gasteiger partial charge < -0.3 is 24.0 Å². The maximum atomic E-state index is 12.8. The third-order valence-electron chi connectivity index (χ3n) is 5.67. The number of hydrogen-bond donors (Lipinski definition) is 0. The van der Waals surface area contributed by atoms with E-state index in [4.69, 9.17) is 14.2 Å². The molecule has 1 aromatic rings. The Morgan fingerprint density at radius 1 is 1.15 bits per heavy atom. The van der Waals surface area contributed by atoms with E-state index in [1.807, 2.05) is 43.0 Å². The number of likely N-dealkylation sites (tertiary alicyclic amines) is 1. The minimum absolute atomic E-state index is 0.0140. The smallest absolute Gasteiger partial charge is 0.228 e. The summed E-state index contributed by atoms with van der Waals surface area (Å²) in [5.74, 6) is -0.0654. The van der Waals surface area contributed by atoms with E-state index >= 15 is 0 Å². The quantitative estimate of drug-likeness (QED) is 0.805. The lowest BCUT2D eigenvalue weighted by Gasteiger charge is -2.54. The summed E-state index contributed by atoms with van der Waals surface area (Å²) in [4.78, 5) is 28.8. The molecule has 2 amide bonds. The normalized spacial score (nSPS) is 26.2. The fraction of sp³-hybridized carbons (Fsp3) is 0.600. The molecule has 3 aliphatic rings. The van der Waals surface area contributed by atoms with Crippen molar-refractivity contribution in [3.63, 3.8) is 0 Å². The second kappa shape index (κ2) is 6.49. The summed E-state index contributed by atoms with van der Waals surface area (Å²) in [5.41, 5.74) is 0.705. The molecule has 0 radical (unpaired) electrons. The van der Waals surface area contributed by atoms with Crippen molar-refractivity contribution in [1.82, 2.24) is 4.90 Å². The van der Waals surface area contributed by atoms with Crippen molar-refractivity contribution in [1.29, 1.82) is 0 Å². The van der Waals surface area contributed by atoms with Crippen LogP contribution in [-0.2, 0) is 19.1 Å². The van der Waals surface area contributed by atoms with Crippen LogP contribution in [0.15, 0.2) is 24.3 Å². The average molecular weight is 374 g/mol. The zero-order valence-electron chi connectivity index (χ0n) is 16.1. The van der Waals surface area contributed by atoms with E-state index in [0.717, 1.165) is 11.4 Å². The highest BCUT2D eigenvalue weighted by molar-refractivity contribution is 6.00. The maximum absolute atomic E-state index is 12.8. The molecular weight excluding hydrogens is 348 g/mol. The van der Waals surface area contributed by atoms with Crippen LogP contribution in [0.5, 0.6) is 5.75 Å². The van der Waals surface area contributed by atoms with Crippen LogP contribution in [0, 0.1) is 11.3 Å². The van der Waals surface area contributed by atoms with Crippen molar-refractivity contribution in [2.75, 3.05) is 44.9 Å². The molecule has 3 saturated heterocycles. The van der Waals surface area contributed by atoms with Gasteiger partial charge in [-0.2, -0.15) is 0 Å². The van der Waals surface area contributed by atoms with Gasteiger partial charge in [-0.05, 0) is 38.1 Å². The number of carbonyl (C=O) groups is 2. The Kier molecular flexibility index (Phi) is 4.39. The monoisotopic (exact) mass is 374 g/mol. The molecule has 3 fully saturated rings. The van der Waals surface area contributed by atoms with Crippen molar-refractivity contribution in [2.24, 2.45) is 11.3 Å². The topological polar surface area (TPSA) is 68.3 Å². The summed E-state index contributed by atoms with van der Waals surface area (Å²) >= 11 is 0. The van der Waals surface area contributed by atoms with Crippen molar-refractivity contribution in [2.45, 2.75) is 26.1 Å². The van der Waals surface area contributed by atoms with Gasteiger partial charge in [-0.15, -0.1) is 0 Å². The minimum atomic E-state index is -0.549. The van der Waals surface area contributed by atoms with E-state index in [2.05, 4.69) is 0 Å². The number of ether oxygens (including phenoxy) is 3. The van der Waals surface area contributed by atoms with Gasteiger partial charge in [0.1, 0.15) is 5.75 Å². The first-order chi connectivity index (χ1) is 12.8. The number of hydrogen-bond acceptors (Lipinski definition) is 5. The molecule has 0 N–H and O–H groups in total. The summed E-state index contributed by atoms with van der Waals surface area (Å²) in [6, 6.07) is 7.34. The maximum Gasteiger partial charge on any atom is 0.228 e. The molecule has 0 aromatic heterocycles.